The average molecular weight is 263 g/mol. The molecule has 0 fully saturated rings. The highest BCUT2D eigenvalue weighted by molar-refractivity contribution is 5.89. The molecule has 4 nitrogen and oxygen atoms in total. The number of urea groups is 1. The van der Waals surface area contributed by atoms with Gasteiger partial charge in [0.1, 0.15) is 17.3 Å². The van der Waals surface area contributed by atoms with Crippen LogP contribution in [-0.4, -0.2) is 11.0 Å². The Kier molecular flexibility index (Phi) is 4.02. The Labute approximate surface area is 108 Å². The second-order valence-electron chi connectivity index (χ2n) is 3.73. The van der Waals surface area contributed by atoms with Crippen LogP contribution in [0.2, 0.25) is 0 Å². The van der Waals surface area contributed by atoms with Gasteiger partial charge in [-0.05, 0) is 24.3 Å². The van der Waals surface area contributed by atoms with Crippen molar-refractivity contribution in [1.29, 1.82) is 0 Å². The summed E-state index contributed by atoms with van der Waals surface area (Å²) < 4.78 is 26.6. The van der Waals surface area contributed by atoms with E-state index in [4.69, 9.17) is 0 Å². The molecule has 0 bridgehead atoms. The van der Waals surface area contributed by atoms with Crippen molar-refractivity contribution in [2.45, 2.75) is 6.54 Å². The zero-order valence-corrected chi connectivity index (χ0v) is 9.86. The number of carbonyl (C=O) groups is 1. The highest BCUT2D eigenvalue weighted by atomic mass is 19.1. The zero-order valence-electron chi connectivity index (χ0n) is 9.86. The minimum absolute atomic E-state index is 0.169. The molecule has 0 saturated carbocycles. The predicted molar refractivity (Wildman–Crippen MR) is 66.5 cm³/mol. The third kappa shape index (κ3) is 3.48. The van der Waals surface area contributed by atoms with Crippen molar-refractivity contribution in [3.8, 4) is 0 Å². The maximum absolute atomic E-state index is 13.3. The number of hydrogen-bond acceptors (Lipinski definition) is 2. The van der Waals surface area contributed by atoms with Gasteiger partial charge in [-0.1, -0.05) is 12.1 Å². The smallest absolute Gasteiger partial charge is 0.319 e. The molecule has 1 heterocycles. The van der Waals surface area contributed by atoms with Crippen LogP contribution in [0.5, 0.6) is 0 Å². The fourth-order valence-electron chi connectivity index (χ4n) is 1.45. The number of nitrogens with zero attached hydrogens (tertiary/aromatic N) is 1. The molecule has 1 aromatic heterocycles. The van der Waals surface area contributed by atoms with Gasteiger partial charge in [0.15, 0.2) is 0 Å². The number of carbonyl (C=O) groups excluding carboxylic acids is 1. The maximum Gasteiger partial charge on any atom is 0.319 e. The van der Waals surface area contributed by atoms with Crippen molar-refractivity contribution in [2.24, 2.45) is 0 Å². The van der Waals surface area contributed by atoms with Crippen LogP contribution in [-0.2, 0) is 6.54 Å². The van der Waals surface area contributed by atoms with Crippen LogP contribution in [0, 0.1) is 11.6 Å². The van der Waals surface area contributed by atoms with Gasteiger partial charge in [0.25, 0.3) is 0 Å². The molecule has 0 saturated heterocycles. The molecule has 19 heavy (non-hydrogen) atoms. The molecular weight excluding hydrogens is 252 g/mol. The van der Waals surface area contributed by atoms with E-state index in [1.165, 1.54) is 6.07 Å². The first-order chi connectivity index (χ1) is 9.16. The Bertz CT molecular complexity index is 555. The lowest BCUT2D eigenvalue weighted by Crippen LogP contribution is -2.29. The lowest BCUT2D eigenvalue weighted by molar-refractivity contribution is 0.251. The van der Waals surface area contributed by atoms with Crippen molar-refractivity contribution in [1.82, 2.24) is 10.3 Å². The normalized spacial score (nSPS) is 10.0. The number of para-hydroxylation sites is 1. The molecule has 2 N–H and O–H groups in total. The van der Waals surface area contributed by atoms with Gasteiger partial charge >= 0.3 is 6.03 Å². The van der Waals surface area contributed by atoms with E-state index < -0.39 is 23.4 Å². The molecule has 1 aromatic carbocycles. The standard InChI is InChI=1S/C13H11F2N3O/c14-10-5-3-6-11(15)12(10)18-13(19)17-8-9-4-1-2-7-16-9/h1-7H,8H2,(H2,17,18,19). The van der Waals surface area contributed by atoms with Crippen LogP contribution in [0.25, 0.3) is 0 Å². The number of amides is 2. The second-order valence-corrected chi connectivity index (χ2v) is 3.73. The number of rotatable bonds is 3. The van der Waals surface area contributed by atoms with Gasteiger partial charge in [0.2, 0.25) is 0 Å². The van der Waals surface area contributed by atoms with E-state index in [0.717, 1.165) is 12.1 Å². The molecule has 2 rings (SSSR count). The fraction of sp³-hybridized carbons (Fsp3) is 0.0769. The van der Waals surface area contributed by atoms with Crippen molar-refractivity contribution < 1.29 is 13.6 Å². The minimum atomic E-state index is -0.826. The van der Waals surface area contributed by atoms with E-state index in [2.05, 4.69) is 15.6 Å². The number of benzene rings is 1. The highest BCUT2D eigenvalue weighted by Gasteiger charge is 2.11. The summed E-state index contributed by atoms with van der Waals surface area (Å²) >= 11 is 0. The van der Waals surface area contributed by atoms with Gasteiger partial charge in [0.05, 0.1) is 12.2 Å². The Balaban J connectivity index is 1.95. The first-order valence-electron chi connectivity index (χ1n) is 5.55. The van der Waals surface area contributed by atoms with E-state index in [-0.39, 0.29) is 6.54 Å². The Morgan fingerprint density at radius 2 is 1.84 bits per heavy atom. The summed E-state index contributed by atoms with van der Waals surface area (Å²) in [5.74, 6) is -1.65. The molecule has 0 radical (unpaired) electrons. The summed E-state index contributed by atoms with van der Waals surface area (Å²) in [6.45, 7) is 0.169. The zero-order chi connectivity index (χ0) is 13.7. The number of halogens is 2. The number of hydrogen-bond donors (Lipinski definition) is 2. The van der Waals surface area contributed by atoms with Gasteiger partial charge in [-0.3, -0.25) is 4.98 Å². The van der Waals surface area contributed by atoms with Crippen LogP contribution in [0.1, 0.15) is 5.69 Å². The number of aromatic nitrogens is 1. The van der Waals surface area contributed by atoms with Crippen LogP contribution in [0.4, 0.5) is 19.3 Å². The van der Waals surface area contributed by atoms with E-state index in [1.807, 2.05) is 0 Å². The fourth-order valence-corrected chi connectivity index (χ4v) is 1.45. The molecule has 6 heteroatoms. The summed E-state index contributed by atoms with van der Waals surface area (Å²) in [5.41, 5.74) is 0.174. The summed E-state index contributed by atoms with van der Waals surface area (Å²) in [4.78, 5) is 15.5. The van der Waals surface area contributed by atoms with Gasteiger partial charge in [-0.25, -0.2) is 13.6 Å². The summed E-state index contributed by atoms with van der Waals surface area (Å²) in [6.07, 6.45) is 1.59. The van der Waals surface area contributed by atoms with E-state index in [1.54, 1.807) is 24.4 Å². The molecule has 0 atom stereocenters. The third-order valence-electron chi connectivity index (χ3n) is 2.36. The van der Waals surface area contributed by atoms with Gasteiger partial charge in [0, 0.05) is 6.20 Å². The molecule has 98 valence electrons. The van der Waals surface area contributed by atoms with E-state index in [0.29, 0.717) is 5.69 Å². The van der Waals surface area contributed by atoms with Crippen LogP contribution >= 0.6 is 0 Å². The van der Waals surface area contributed by atoms with Crippen LogP contribution < -0.4 is 10.6 Å². The lowest BCUT2D eigenvalue weighted by Gasteiger charge is -2.08. The summed E-state index contributed by atoms with van der Waals surface area (Å²) in [6, 6.07) is 7.91. The molecule has 0 aliphatic carbocycles. The first-order valence-corrected chi connectivity index (χ1v) is 5.55. The molecule has 2 amide bonds. The highest BCUT2D eigenvalue weighted by Crippen LogP contribution is 2.17. The van der Waals surface area contributed by atoms with Crippen molar-refractivity contribution in [2.75, 3.05) is 5.32 Å². The van der Waals surface area contributed by atoms with Crippen molar-refractivity contribution in [3.05, 3.63) is 59.9 Å². The predicted octanol–water partition coefficient (Wildman–Crippen LogP) is 2.68. The Morgan fingerprint density at radius 1 is 1.11 bits per heavy atom. The minimum Gasteiger partial charge on any atom is -0.332 e. The SMILES string of the molecule is O=C(NCc1ccccn1)Nc1c(F)cccc1F. The third-order valence-corrected chi connectivity index (χ3v) is 2.36. The molecule has 0 spiro atoms. The molecule has 0 unspecified atom stereocenters. The Morgan fingerprint density at radius 3 is 2.47 bits per heavy atom. The average Bonchev–Trinajstić information content (AvgIpc) is 2.42. The molecule has 0 aliphatic rings. The lowest BCUT2D eigenvalue weighted by atomic mass is 10.3. The Hall–Kier alpha value is -2.50. The van der Waals surface area contributed by atoms with E-state index in [9.17, 15) is 13.6 Å². The van der Waals surface area contributed by atoms with Gasteiger partial charge in [-0.2, -0.15) is 0 Å². The molecule has 0 aliphatic heterocycles. The van der Waals surface area contributed by atoms with Gasteiger partial charge < -0.3 is 10.6 Å². The quantitative estimate of drug-likeness (QED) is 0.894. The van der Waals surface area contributed by atoms with Crippen molar-refractivity contribution >= 4 is 11.7 Å². The summed E-state index contributed by atoms with van der Waals surface area (Å²) in [5, 5.41) is 4.58. The topological polar surface area (TPSA) is 54.0 Å². The maximum atomic E-state index is 13.3. The molecule has 2 aromatic rings. The van der Waals surface area contributed by atoms with Crippen LogP contribution in [0.3, 0.4) is 0 Å². The number of pyridine rings is 1. The second kappa shape index (κ2) is 5.90. The number of anilines is 1. The van der Waals surface area contributed by atoms with Crippen LogP contribution in [0.15, 0.2) is 42.6 Å². The van der Waals surface area contributed by atoms with E-state index >= 15 is 0 Å². The van der Waals surface area contributed by atoms with Crippen molar-refractivity contribution in [3.63, 3.8) is 0 Å². The molecular formula is C13H11F2N3O. The largest absolute Gasteiger partial charge is 0.332 e. The summed E-state index contributed by atoms with van der Waals surface area (Å²) in [7, 11) is 0. The monoisotopic (exact) mass is 263 g/mol. The first kappa shape index (κ1) is 12.9. The van der Waals surface area contributed by atoms with Gasteiger partial charge in [-0.15, -0.1) is 0 Å². The number of nitrogens with one attached hydrogen (secondary N) is 2.